The first-order valence-corrected chi connectivity index (χ1v) is 10.6. The van der Waals surface area contributed by atoms with E-state index in [0.29, 0.717) is 36.2 Å². The average molecular weight is 420 g/mol. The quantitative estimate of drug-likeness (QED) is 0.496. The maximum absolute atomic E-state index is 12.8. The molecule has 3 rings (SSSR count). The number of methoxy groups -OCH3 is 1. The van der Waals surface area contributed by atoms with Crippen molar-refractivity contribution >= 4 is 23.6 Å². The zero-order valence-electron chi connectivity index (χ0n) is 16.8. The van der Waals surface area contributed by atoms with Gasteiger partial charge in [0, 0.05) is 6.54 Å². The summed E-state index contributed by atoms with van der Waals surface area (Å²) in [6.45, 7) is 4.59. The molecule has 29 heavy (non-hydrogen) atoms. The van der Waals surface area contributed by atoms with Crippen LogP contribution in [-0.4, -0.2) is 69.0 Å². The van der Waals surface area contributed by atoms with E-state index in [2.05, 4.69) is 15.5 Å². The lowest BCUT2D eigenvalue weighted by atomic mass is 10.0. The van der Waals surface area contributed by atoms with Crippen molar-refractivity contribution in [3.8, 4) is 11.4 Å². The third-order valence-electron chi connectivity index (χ3n) is 4.71. The van der Waals surface area contributed by atoms with E-state index in [0.717, 1.165) is 18.4 Å². The second kappa shape index (κ2) is 9.73. The first-order valence-electron chi connectivity index (χ1n) is 9.57. The molecule has 2 heterocycles. The molecule has 9 nitrogen and oxygen atoms in total. The van der Waals surface area contributed by atoms with Crippen LogP contribution in [0.25, 0.3) is 5.69 Å². The Morgan fingerprint density at radius 1 is 1.31 bits per heavy atom. The summed E-state index contributed by atoms with van der Waals surface area (Å²) in [5.41, 5.74) is 1.74. The number of carbonyl (C=O) groups excluding carboxylic acids is 2. The number of aryl methyl sites for hydroxylation is 1. The third kappa shape index (κ3) is 4.87. The second-order valence-corrected chi connectivity index (χ2v) is 7.63. The van der Waals surface area contributed by atoms with Crippen molar-refractivity contribution in [3.05, 3.63) is 23.8 Å². The Balaban J connectivity index is 1.72. The van der Waals surface area contributed by atoms with Gasteiger partial charge < -0.3 is 14.4 Å². The molecule has 0 unspecified atom stereocenters. The van der Waals surface area contributed by atoms with Crippen LogP contribution in [-0.2, 0) is 14.3 Å². The van der Waals surface area contributed by atoms with Gasteiger partial charge in [-0.1, -0.05) is 17.8 Å². The SMILES string of the molecule is CCOC(=O)[C@@H]1CCCCN1C(=O)CSc1nnnn1-c1cc(C)ccc1OC. The molecule has 0 radical (unpaired) electrons. The van der Waals surface area contributed by atoms with Gasteiger partial charge >= 0.3 is 5.97 Å². The topological polar surface area (TPSA) is 99.4 Å². The predicted octanol–water partition coefficient (Wildman–Crippen LogP) is 2.02. The molecule has 0 saturated carbocycles. The number of hydrogen-bond donors (Lipinski definition) is 0. The van der Waals surface area contributed by atoms with Gasteiger partial charge in [0.05, 0.1) is 19.5 Å². The Labute approximate surface area is 173 Å². The number of hydrogen-bond acceptors (Lipinski definition) is 8. The molecule has 1 atom stereocenters. The summed E-state index contributed by atoms with van der Waals surface area (Å²) < 4.78 is 12.1. The molecule has 1 saturated heterocycles. The summed E-state index contributed by atoms with van der Waals surface area (Å²) in [6, 6.07) is 5.20. The molecule has 0 bridgehead atoms. The van der Waals surface area contributed by atoms with Crippen molar-refractivity contribution in [2.45, 2.75) is 44.3 Å². The highest BCUT2D eigenvalue weighted by Gasteiger charge is 2.33. The Hall–Kier alpha value is -2.62. The number of ether oxygens (including phenoxy) is 2. The fraction of sp³-hybridized carbons (Fsp3) is 0.526. The first-order chi connectivity index (χ1) is 14.0. The number of rotatable bonds is 7. The number of carbonyl (C=O) groups is 2. The number of amides is 1. The number of tetrazole rings is 1. The lowest BCUT2D eigenvalue weighted by molar-refractivity contribution is -0.155. The maximum atomic E-state index is 12.8. The van der Waals surface area contributed by atoms with Crippen LogP contribution in [0.5, 0.6) is 5.75 Å². The van der Waals surface area contributed by atoms with Gasteiger partial charge in [0.15, 0.2) is 0 Å². The van der Waals surface area contributed by atoms with Gasteiger partial charge in [-0.15, -0.1) is 5.10 Å². The van der Waals surface area contributed by atoms with E-state index in [-0.39, 0.29) is 17.6 Å². The molecule has 1 aliphatic rings. The minimum Gasteiger partial charge on any atom is -0.494 e. The fourth-order valence-corrected chi connectivity index (χ4v) is 4.08. The summed E-state index contributed by atoms with van der Waals surface area (Å²) in [4.78, 5) is 26.7. The molecule has 2 aromatic rings. The van der Waals surface area contributed by atoms with Crippen molar-refractivity contribution in [1.29, 1.82) is 0 Å². The molecular formula is C19H25N5O4S. The molecule has 10 heteroatoms. The minimum atomic E-state index is -0.510. The van der Waals surface area contributed by atoms with Crippen LogP contribution in [0.3, 0.4) is 0 Å². The molecule has 1 aromatic carbocycles. The smallest absolute Gasteiger partial charge is 0.328 e. The van der Waals surface area contributed by atoms with Crippen molar-refractivity contribution in [1.82, 2.24) is 25.1 Å². The lowest BCUT2D eigenvalue weighted by Gasteiger charge is -2.33. The number of likely N-dealkylation sites (tertiary alicyclic amines) is 1. The van der Waals surface area contributed by atoms with Crippen LogP contribution in [0.2, 0.25) is 0 Å². The number of thioether (sulfide) groups is 1. The largest absolute Gasteiger partial charge is 0.494 e. The van der Waals surface area contributed by atoms with Gasteiger partial charge in [-0.3, -0.25) is 4.79 Å². The first kappa shape index (κ1) is 21.1. The Morgan fingerprint density at radius 2 is 2.14 bits per heavy atom. The number of nitrogens with zero attached hydrogens (tertiary/aromatic N) is 5. The molecule has 1 aromatic heterocycles. The highest BCUT2D eigenvalue weighted by molar-refractivity contribution is 7.99. The van der Waals surface area contributed by atoms with Gasteiger partial charge in [0.25, 0.3) is 0 Å². The highest BCUT2D eigenvalue weighted by atomic mass is 32.2. The predicted molar refractivity (Wildman–Crippen MR) is 107 cm³/mol. The summed E-state index contributed by atoms with van der Waals surface area (Å²) in [7, 11) is 1.58. The van der Waals surface area contributed by atoms with E-state index in [4.69, 9.17) is 9.47 Å². The Morgan fingerprint density at radius 3 is 2.90 bits per heavy atom. The summed E-state index contributed by atoms with van der Waals surface area (Å²) in [5.74, 6) is 0.303. The van der Waals surface area contributed by atoms with E-state index in [1.54, 1.807) is 23.6 Å². The molecule has 0 spiro atoms. The maximum Gasteiger partial charge on any atom is 0.328 e. The van der Waals surface area contributed by atoms with Crippen LogP contribution in [0, 0.1) is 6.92 Å². The number of benzene rings is 1. The Kier molecular flexibility index (Phi) is 7.08. The third-order valence-corrected chi connectivity index (χ3v) is 5.61. The zero-order chi connectivity index (χ0) is 20.8. The van der Waals surface area contributed by atoms with Crippen LogP contribution in [0.4, 0.5) is 0 Å². The number of esters is 1. The van der Waals surface area contributed by atoms with Gasteiger partial charge in [-0.25, -0.2) is 4.79 Å². The summed E-state index contributed by atoms with van der Waals surface area (Å²) in [6.07, 6.45) is 2.42. The minimum absolute atomic E-state index is 0.126. The van der Waals surface area contributed by atoms with E-state index in [1.165, 1.54) is 11.8 Å². The van der Waals surface area contributed by atoms with Gasteiger partial charge in [0.2, 0.25) is 11.1 Å². The van der Waals surface area contributed by atoms with Crippen molar-refractivity contribution in [3.63, 3.8) is 0 Å². The molecule has 0 aliphatic carbocycles. The number of piperidine rings is 1. The molecule has 1 fully saturated rings. The Bertz CT molecular complexity index is 872. The number of aromatic nitrogens is 4. The molecule has 1 amide bonds. The van der Waals surface area contributed by atoms with Crippen LogP contribution < -0.4 is 4.74 Å². The van der Waals surface area contributed by atoms with Crippen LogP contribution in [0.1, 0.15) is 31.7 Å². The van der Waals surface area contributed by atoms with Gasteiger partial charge in [0.1, 0.15) is 17.5 Å². The van der Waals surface area contributed by atoms with Crippen molar-refractivity contribution < 1.29 is 19.1 Å². The normalized spacial score (nSPS) is 16.5. The molecule has 0 N–H and O–H groups in total. The zero-order valence-corrected chi connectivity index (χ0v) is 17.6. The molecule has 156 valence electrons. The average Bonchev–Trinajstić information content (AvgIpc) is 3.20. The summed E-state index contributed by atoms with van der Waals surface area (Å²) in [5, 5.41) is 12.3. The molecular weight excluding hydrogens is 394 g/mol. The van der Waals surface area contributed by atoms with E-state index in [9.17, 15) is 9.59 Å². The van der Waals surface area contributed by atoms with Crippen molar-refractivity contribution in [2.24, 2.45) is 0 Å². The monoisotopic (exact) mass is 419 g/mol. The van der Waals surface area contributed by atoms with E-state index >= 15 is 0 Å². The molecule has 1 aliphatic heterocycles. The lowest BCUT2D eigenvalue weighted by Crippen LogP contribution is -2.49. The fourth-order valence-electron chi connectivity index (χ4n) is 3.31. The van der Waals surface area contributed by atoms with E-state index in [1.807, 2.05) is 25.1 Å². The van der Waals surface area contributed by atoms with Crippen LogP contribution in [0.15, 0.2) is 23.4 Å². The van der Waals surface area contributed by atoms with Gasteiger partial charge in [-0.05, 0) is 61.2 Å². The van der Waals surface area contributed by atoms with Crippen LogP contribution >= 0.6 is 11.8 Å². The highest BCUT2D eigenvalue weighted by Crippen LogP contribution is 2.27. The standard InChI is InChI=1S/C19H25N5O4S/c1-4-28-18(26)14-7-5-6-10-23(14)17(25)12-29-19-20-21-22-24(19)15-11-13(2)8-9-16(15)27-3/h8-9,11,14H,4-7,10,12H2,1-3H3/t14-/m0/s1. The second-order valence-electron chi connectivity index (χ2n) is 6.69. The van der Waals surface area contributed by atoms with Gasteiger partial charge in [-0.2, -0.15) is 4.68 Å². The summed E-state index contributed by atoms with van der Waals surface area (Å²) >= 11 is 1.23. The van der Waals surface area contributed by atoms with E-state index < -0.39 is 6.04 Å². The van der Waals surface area contributed by atoms with Crippen molar-refractivity contribution in [2.75, 3.05) is 26.0 Å².